The highest BCUT2D eigenvalue weighted by molar-refractivity contribution is 7.49. The third kappa shape index (κ3) is 4.34. The van der Waals surface area contributed by atoms with Crippen molar-refractivity contribution in [3.05, 3.63) is 30.9 Å². The van der Waals surface area contributed by atoms with Gasteiger partial charge in [-0.1, -0.05) is 0 Å². The molecule has 172 valence electrons. The van der Waals surface area contributed by atoms with Gasteiger partial charge in [-0.2, -0.15) is 0 Å². The minimum atomic E-state index is -5.05. The number of aromatic amines is 1. The Morgan fingerprint density at radius 1 is 1.41 bits per heavy atom. The van der Waals surface area contributed by atoms with E-state index in [4.69, 9.17) is 16.2 Å². The standard InChI is InChI=1S/C16H22N9O6P/c17-9(1-8-3-19-5-20-8)16(27)25(32(28,29)30)4-11-10(26)2-12(31-11)24-7-23-13-14(18)21-6-22-15(13)24/h3,5-7,9-12,26H,1-2,4,17H2,(H,19,20)(H2,18,21,22)(H2,28,29,30)/t9-,10?,11+,12+/m0/s1. The predicted octanol–water partition coefficient (Wildman–Crippen LogP) is -1.73. The third-order valence-corrected chi connectivity index (χ3v) is 6.12. The zero-order chi connectivity index (χ0) is 23.0. The molecule has 0 spiro atoms. The molecular weight excluding hydrogens is 445 g/mol. The van der Waals surface area contributed by atoms with Crippen molar-refractivity contribution in [3.8, 4) is 0 Å². The van der Waals surface area contributed by atoms with Crippen molar-refractivity contribution in [2.24, 2.45) is 5.73 Å². The van der Waals surface area contributed by atoms with E-state index in [1.807, 2.05) is 0 Å². The Balaban J connectivity index is 1.50. The number of ether oxygens (including phenoxy) is 1. The van der Waals surface area contributed by atoms with E-state index < -0.39 is 44.7 Å². The molecule has 4 atom stereocenters. The largest absolute Gasteiger partial charge is 0.432 e. The fourth-order valence-electron chi connectivity index (χ4n) is 3.54. The van der Waals surface area contributed by atoms with Crippen LogP contribution in [-0.2, 0) is 20.5 Å². The van der Waals surface area contributed by atoms with E-state index >= 15 is 0 Å². The lowest BCUT2D eigenvalue weighted by Gasteiger charge is -2.29. The van der Waals surface area contributed by atoms with Crippen molar-refractivity contribution in [1.29, 1.82) is 0 Å². The first kappa shape index (κ1) is 22.3. The van der Waals surface area contributed by atoms with E-state index in [0.29, 0.717) is 21.5 Å². The number of hydrogen-bond donors (Lipinski definition) is 6. The topological polar surface area (TPSA) is 232 Å². The molecule has 1 saturated heterocycles. The minimum absolute atomic E-state index is 0.00577. The second-order valence-electron chi connectivity index (χ2n) is 7.34. The first-order chi connectivity index (χ1) is 15.1. The quantitative estimate of drug-likeness (QED) is 0.213. The highest BCUT2D eigenvalue weighted by atomic mass is 31.2. The van der Waals surface area contributed by atoms with Gasteiger partial charge in [0.1, 0.15) is 24.2 Å². The van der Waals surface area contributed by atoms with Gasteiger partial charge in [0.25, 0.3) is 0 Å². The number of aliphatic hydroxyl groups excluding tert-OH is 1. The molecule has 0 bridgehead atoms. The summed E-state index contributed by atoms with van der Waals surface area (Å²) in [5.41, 5.74) is 12.9. The van der Waals surface area contributed by atoms with Gasteiger partial charge >= 0.3 is 7.75 Å². The number of anilines is 1. The maximum Gasteiger partial charge on any atom is 0.432 e. The van der Waals surface area contributed by atoms with Crippen LogP contribution in [0.2, 0.25) is 0 Å². The molecule has 3 aromatic rings. The van der Waals surface area contributed by atoms with Gasteiger partial charge in [0, 0.05) is 24.7 Å². The van der Waals surface area contributed by atoms with Crippen LogP contribution < -0.4 is 11.5 Å². The van der Waals surface area contributed by atoms with Gasteiger partial charge in [-0.15, -0.1) is 0 Å². The summed E-state index contributed by atoms with van der Waals surface area (Å²) in [7, 11) is -5.05. The maximum absolute atomic E-state index is 12.7. The number of nitrogen functional groups attached to an aromatic ring is 1. The van der Waals surface area contributed by atoms with E-state index in [-0.39, 0.29) is 18.7 Å². The van der Waals surface area contributed by atoms with Crippen molar-refractivity contribution in [2.75, 3.05) is 12.3 Å². The van der Waals surface area contributed by atoms with E-state index in [1.165, 1.54) is 29.7 Å². The van der Waals surface area contributed by atoms with Crippen LogP contribution in [0.25, 0.3) is 11.2 Å². The monoisotopic (exact) mass is 467 g/mol. The average molecular weight is 467 g/mol. The molecule has 1 fully saturated rings. The number of nitrogens with two attached hydrogens (primary N) is 2. The number of carbonyl (C=O) groups is 1. The molecule has 15 nitrogen and oxygen atoms in total. The predicted molar refractivity (Wildman–Crippen MR) is 108 cm³/mol. The molecule has 4 rings (SSSR count). The number of nitrogens with zero attached hydrogens (tertiary/aromatic N) is 6. The number of hydrogen-bond acceptors (Lipinski definition) is 10. The van der Waals surface area contributed by atoms with Crippen molar-refractivity contribution < 1.29 is 29.0 Å². The van der Waals surface area contributed by atoms with E-state index in [2.05, 4.69) is 24.9 Å². The average Bonchev–Trinajstić information content (AvgIpc) is 3.45. The highest BCUT2D eigenvalue weighted by Gasteiger charge is 2.42. The van der Waals surface area contributed by atoms with Crippen molar-refractivity contribution >= 4 is 30.6 Å². The molecule has 3 aromatic heterocycles. The number of amides is 1. The summed E-state index contributed by atoms with van der Waals surface area (Å²) in [5, 5.41) is 10.5. The van der Waals surface area contributed by atoms with E-state index in [1.54, 1.807) is 0 Å². The van der Waals surface area contributed by atoms with Crippen LogP contribution in [0, 0.1) is 0 Å². The second kappa shape index (κ2) is 8.54. The summed E-state index contributed by atoms with van der Waals surface area (Å²) in [6.45, 7) is -0.568. The number of H-pyrrole nitrogens is 1. The molecule has 4 heterocycles. The third-order valence-electron chi connectivity index (χ3n) is 5.14. The van der Waals surface area contributed by atoms with Crippen LogP contribution in [0.4, 0.5) is 5.82 Å². The van der Waals surface area contributed by atoms with Crippen LogP contribution in [0.15, 0.2) is 25.2 Å². The summed E-state index contributed by atoms with van der Waals surface area (Å²) < 4.78 is 19.7. The lowest BCUT2D eigenvalue weighted by Crippen LogP contribution is -2.47. The second-order valence-corrected chi connectivity index (χ2v) is 8.85. The minimum Gasteiger partial charge on any atom is -0.390 e. The van der Waals surface area contributed by atoms with Gasteiger partial charge in [-0.3, -0.25) is 9.36 Å². The molecule has 1 aliphatic rings. The number of rotatable bonds is 7. The van der Waals surface area contributed by atoms with Crippen molar-refractivity contribution in [2.45, 2.75) is 37.3 Å². The molecule has 0 aromatic carbocycles. The molecule has 32 heavy (non-hydrogen) atoms. The van der Waals surface area contributed by atoms with Crippen molar-refractivity contribution in [3.63, 3.8) is 0 Å². The number of imidazole rings is 2. The summed E-state index contributed by atoms with van der Waals surface area (Å²) in [4.78, 5) is 50.9. The molecule has 0 aliphatic carbocycles. The van der Waals surface area contributed by atoms with Crippen LogP contribution in [0.3, 0.4) is 0 Å². The molecule has 16 heteroatoms. The molecule has 0 saturated carbocycles. The fourth-order valence-corrected chi connectivity index (χ4v) is 4.32. The number of aromatic nitrogens is 6. The number of aliphatic hydroxyl groups is 1. The normalized spacial score (nSPS) is 22.3. The lowest BCUT2D eigenvalue weighted by molar-refractivity contribution is -0.131. The maximum atomic E-state index is 12.7. The Morgan fingerprint density at radius 3 is 2.88 bits per heavy atom. The summed E-state index contributed by atoms with van der Waals surface area (Å²) in [6.07, 6.45) is 2.63. The van der Waals surface area contributed by atoms with Gasteiger partial charge in [-0.05, 0) is 0 Å². The van der Waals surface area contributed by atoms with Gasteiger partial charge in [0.05, 0.1) is 31.3 Å². The van der Waals surface area contributed by atoms with Gasteiger partial charge < -0.3 is 36.1 Å². The lowest BCUT2D eigenvalue weighted by atomic mass is 10.1. The van der Waals surface area contributed by atoms with E-state index in [0.717, 1.165) is 0 Å². The Labute approximate surface area is 180 Å². The van der Waals surface area contributed by atoms with Crippen LogP contribution in [-0.4, -0.2) is 79.8 Å². The number of nitrogens with one attached hydrogen (secondary N) is 1. The fraction of sp³-hybridized carbons (Fsp3) is 0.438. The molecule has 8 N–H and O–H groups in total. The first-order valence-electron chi connectivity index (χ1n) is 9.52. The zero-order valence-electron chi connectivity index (χ0n) is 16.6. The zero-order valence-corrected chi connectivity index (χ0v) is 17.5. The molecule has 0 radical (unpaired) electrons. The van der Waals surface area contributed by atoms with Crippen LogP contribution >= 0.6 is 7.75 Å². The van der Waals surface area contributed by atoms with E-state index in [9.17, 15) is 24.3 Å². The Hall–Kier alpha value is -2.94. The van der Waals surface area contributed by atoms with Crippen LogP contribution in [0.1, 0.15) is 18.3 Å². The van der Waals surface area contributed by atoms with Gasteiger partial charge in [-0.25, -0.2) is 29.2 Å². The van der Waals surface area contributed by atoms with Crippen LogP contribution in [0.5, 0.6) is 0 Å². The highest BCUT2D eigenvalue weighted by Crippen LogP contribution is 2.42. The smallest absolute Gasteiger partial charge is 0.390 e. The first-order valence-corrected chi connectivity index (χ1v) is 11.1. The number of fused-ring (bicyclic) bond motifs is 1. The van der Waals surface area contributed by atoms with Crippen molar-refractivity contribution in [1.82, 2.24) is 34.2 Å². The molecule has 1 aliphatic heterocycles. The Kier molecular flexibility index (Phi) is 5.94. The summed E-state index contributed by atoms with van der Waals surface area (Å²) in [5.74, 6) is -0.811. The SMILES string of the molecule is Nc1ncnc2c1ncn2[C@H]1CC(O)[C@@H](CN(C(=O)[C@@H](N)Cc2cnc[nH]2)P(=O)(O)O)O1. The molecular formula is C16H22N9O6P. The van der Waals surface area contributed by atoms with Gasteiger partial charge in [0.15, 0.2) is 11.5 Å². The molecule has 1 unspecified atom stereocenters. The number of carbonyl (C=O) groups excluding carboxylic acids is 1. The summed E-state index contributed by atoms with van der Waals surface area (Å²) >= 11 is 0. The van der Waals surface area contributed by atoms with Gasteiger partial charge in [0.2, 0.25) is 5.91 Å². The molecule has 1 amide bonds. The summed E-state index contributed by atoms with van der Waals surface area (Å²) in [6, 6.07) is -1.24. The Morgan fingerprint density at radius 2 is 2.19 bits per heavy atom. The Bertz CT molecular complexity index is 1150.